The monoisotopic (exact) mass is 354 g/mol. The van der Waals surface area contributed by atoms with Gasteiger partial charge in [0, 0.05) is 18.1 Å². The molecule has 0 saturated heterocycles. The van der Waals surface area contributed by atoms with E-state index in [1.807, 2.05) is 83.9 Å². The first-order valence-corrected chi connectivity index (χ1v) is 8.67. The van der Waals surface area contributed by atoms with Gasteiger partial charge in [-0.3, -0.25) is 4.57 Å². The van der Waals surface area contributed by atoms with E-state index in [0.717, 1.165) is 22.6 Å². The summed E-state index contributed by atoms with van der Waals surface area (Å²) in [5.41, 5.74) is 3.20. The predicted molar refractivity (Wildman–Crippen MR) is 102 cm³/mol. The van der Waals surface area contributed by atoms with Crippen molar-refractivity contribution >= 4 is 12.2 Å². The lowest BCUT2D eigenvalue weighted by Crippen LogP contribution is -2.23. The molecule has 25 heavy (non-hydrogen) atoms. The molecule has 0 fully saturated rings. The van der Waals surface area contributed by atoms with Gasteiger partial charge >= 0.3 is 0 Å². The van der Waals surface area contributed by atoms with E-state index in [2.05, 4.69) is 0 Å². The molecule has 0 aliphatic heterocycles. The third-order valence-corrected chi connectivity index (χ3v) is 4.50. The standard InChI is InChI=1S/C20H22N2O2S/c1-15-8-9-16(2)19(12-15)24-14-18(23)13-21-10-11-22(20(21)25)17-6-4-3-5-7-17/h3-12,18,23H,13-14H2,1-2H3/t18-/m1/s1. The maximum atomic E-state index is 10.3. The zero-order valence-corrected chi connectivity index (χ0v) is 15.2. The van der Waals surface area contributed by atoms with Crippen molar-refractivity contribution in [2.24, 2.45) is 0 Å². The lowest BCUT2D eigenvalue weighted by atomic mass is 10.1. The lowest BCUT2D eigenvalue weighted by Gasteiger charge is -2.15. The average Bonchev–Trinajstić information content (AvgIpc) is 2.97. The second kappa shape index (κ2) is 7.68. The topological polar surface area (TPSA) is 39.3 Å². The Hall–Kier alpha value is -2.37. The summed E-state index contributed by atoms with van der Waals surface area (Å²) in [6, 6.07) is 16.0. The first-order chi connectivity index (χ1) is 12.0. The molecule has 1 aromatic heterocycles. The van der Waals surface area contributed by atoms with Crippen molar-refractivity contribution < 1.29 is 9.84 Å². The Morgan fingerprint density at radius 3 is 2.60 bits per heavy atom. The van der Waals surface area contributed by atoms with Crippen molar-refractivity contribution in [3.05, 3.63) is 76.8 Å². The summed E-state index contributed by atoms with van der Waals surface area (Å²) >= 11 is 5.52. The highest BCUT2D eigenvalue weighted by molar-refractivity contribution is 7.71. The predicted octanol–water partition coefficient (Wildman–Crippen LogP) is 4.07. The van der Waals surface area contributed by atoms with Crippen LogP contribution in [-0.2, 0) is 6.54 Å². The van der Waals surface area contributed by atoms with Gasteiger partial charge in [0.2, 0.25) is 0 Å². The molecule has 3 aromatic rings. The van der Waals surface area contributed by atoms with E-state index in [4.69, 9.17) is 17.0 Å². The van der Waals surface area contributed by atoms with Crippen molar-refractivity contribution in [1.82, 2.24) is 9.13 Å². The normalized spacial score (nSPS) is 12.1. The summed E-state index contributed by atoms with van der Waals surface area (Å²) in [5.74, 6) is 0.810. The molecule has 0 unspecified atom stereocenters. The smallest absolute Gasteiger partial charge is 0.184 e. The Kier molecular flexibility index (Phi) is 5.36. The van der Waals surface area contributed by atoms with Crippen molar-refractivity contribution in [2.75, 3.05) is 6.61 Å². The minimum Gasteiger partial charge on any atom is -0.491 e. The van der Waals surface area contributed by atoms with E-state index in [9.17, 15) is 5.11 Å². The van der Waals surface area contributed by atoms with Crippen LogP contribution in [0, 0.1) is 18.6 Å². The van der Waals surface area contributed by atoms with Crippen molar-refractivity contribution in [3.8, 4) is 11.4 Å². The summed E-state index contributed by atoms with van der Waals surface area (Å²) in [6.45, 7) is 4.64. The lowest BCUT2D eigenvalue weighted by molar-refractivity contribution is 0.0917. The minimum atomic E-state index is -0.641. The Balaban J connectivity index is 1.66. The molecule has 1 heterocycles. The Morgan fingerprint density at radius 1 is 1.08 bits per heavy atom. The van der Waals surface area contributed by atoms with Crippen molar-refractivity contribution in [1.29, 1.82) is 0 Å². The molecule has 1 atom stereocenters. The van der Waals surface area contributed by atoms with Gasteiger partial charge in [0.15, 0.2) is 4.77 Å². The SMILES string of the molecule is Cc1ccc(C)c(OC[C@H](O)Cn2ccn(-c3ccccc3)c2=S)c1. The molecule has 0 bridgehead atoms. The number of nitrogens with zero attached hydrogens (tertiary/aromatic N) is 2. The fourth-order valence-electron chi connectivity index (χ4n) is 2.67. The highest BCUT2D eigenvalue weighted by atomic mass is 32.1. The molecule has 0 spiro atoms. The highest BCUT2D eigenvalue weighted by Crippen LogP contribution is 2.19. The summed E-state index contributed by atoms with van der Waals surface area (Å²) in [6.07, 6.45) is 3.16. The number of ether oxygens (including phenoxy) is 1. The molecule has 2 aromatic carbocycles. The number of hydrogen-bond acceptors (Lipinski definition) is 3. The van der Waals surface area contributed by atoms with Crippen LogP contribution in [0.1, 0.15) is 11.1 Å². The molecule has 3 rings (SSSR count). The van der Waals surface area contributed by atoms with Gasteiger partial charge in [0.1, 0.15) is 18.5 Å². The van der Waals surface area contributed by atoms with Gasteiger partial charge in [-0.1, -0.05) is 30.3 Å². The molecule has 0 amide bonds. The Morgan fingerprint density at radius 2 is 1.84 bits per heavy atom. The van der Waals surface area contributed by atoms with Crippen LogP contribution in [0.5, 0.6) is 5.75 Å². The van der Waals surface area contributed by atoms with E-state index in [0.29, 0.717) is 11.3 Å². The number of rotatable bonds is 6. The highest BCUT2D eigenvalue weighted by Gasteiger charge is 2.10. The molecule has 130 valence electrons. The van der Waals surface area contributed by atoms with Crippen LogP contribution in [-0.4, -0.2) is 27.0 Å². The fraction of sp³-hybridized carbons (Fsp3) is 0.250. The van der Waals surface area contributed by atoms with E-state index < -0.39 is 6.10 Å². The minimum absolute atomic E-state index is 0.225. The second-order valence-electron chi connectivity index (χ2n) is 6.17. The van der Waals surface area contributed by atoms with Gasteiger partial charge in [0.05, 0.1) is 6.54 Å². The van der Waals surface area contributed by atoms with Crippen molar-refractivity contribution in [3.63, 3.8) is 0 Å². The molecular formula is C20H22N2O2S. The average molecular weight is 354 g/mol. The van der Waals surface area contributed by atoms with Gasteiger partial charge < -0.3 is 14.4 Å². The van der Waals surface area contributed by atoms with Crippen LogP contribution in [0.4, 0.5) is 0 Å². The van der Waals surface area contributed by atoms with Crippen LogP contribution < -0.4 is 4.74 Å². The van der Waals surface area contributed by atoms with E-state index >= 15 is 0 Å². The maximum absolute atomic E-state index is 10.3. The van der Waals surface area contributed by atoms with Gasteiger partial charge in [-0.05, 0) is 55.4 Å². The molecule has 0 aliphatic carbocycles. The Labute approximate surface area is 152 Å². The number of aliphatic hydroxyl groups excluding tert-OH is 1. The molecule has 4 nitrogen and oxygen atoms in total. The molecular weight excluding hydrogens is 332 g/mol. The summed E-state index contributed by atoms with van der Waals surface area (Å²) in [4.78, 5) is 0. The zero-order chi connectivity index (χ0) is 17.8. The van der Waals surface area contributed by atoms with Gasteiger partial charge in [-0.25, -0.2) is 0 Å². The van der Waals surface area contributed by atoms with Crippen LogP contribution >= 0.6 is 12.2 Å². The van der Waals surface area contributed by atoms with E-state index in [-0.39, 0.29) is 6.61 Å². The number of para-hydroxylation sites is 1. The molecule has 5 heteroatoms. The summed E-state index contributed by atoms with van der Waals surface area (Å²) < 4.78 is 10.2. The van der Waals surface area contributed by atoms with E-state index in [1.165, 1.54) is 0 Å². The summed E-state index contributed by atoms with van der Waals surface area (Å²) in [5, 5.41) is 10.3. The number of benzene rings is 2. The number of aromatic nitrogens is 2. The largest absolute Gasteiger partial charge is 0.491 e. The molecule has 0 aliphatic rings. The van der Waals surface area contributed by atoms with Gasteiger partial charge in [-0.15, -0.1) is 0 Å². The number of aryl methyl sites for hydroxylation is 2. The third-order valence-electron chi connectivity index (χ3n) is 4.06. The number of imidazole rings is 1. The third kappa shape index (κ3) is 4.18. The fourth-order valence-corrected chi connectivity index (χ4v) is 2.97. The van der Waals surface area contributed by atoms with Crippen LogP contribution in [0.3, 0.4) is 0 Å². The van der Waals surface area contributed by atoms with Crippen LogP contribution in [0.25, 0.3) is 5.69 Å². The molecule has 0 saturated carbocycles. The maximum Gasteiger partial charge on any atom is 0.184 e. The first-order valence-electron chi connectivity index (χ1n) is 8.26. The van der Waals surface area contributed by atoms with Crippen LogP contribution in [0.15, 0.2) is 60.9 Å². The Bertz CT molecular complexity index is 900. The van der Waals surface area contributed by atoms with Crippen molar-refractivity contribution in [2.45, 2.75) is 26.5 Å². The molecule has 1 N–H and O–H groups in total. The van der Waals surface area contributed by atoms with Gasteiger partial charge in [-0.2, -0.15) is 0 Å². The van der Waals surface area contributed by atoms with E-state index in [1.54, 1.807) is 0 Å². The molecule has 0 radical (unpaired) electrons. The van der Waals surface area contributed by atoms with Gasteiger partial charge in [0.25, 0.3) is 0 Å². The number of hydrogen-bond donors (Lipinski definition) is 1. The number of aliphatic hydroxyl groups is 1. The van der Waals surface area contributed by atoms with Crippen LogP contribution in [0.2, 0.25) is 0 Å². The second-order valence-corrected chi connectivity index (χ2v) is 6.54. The first kappa shape index (κ1) is 17.5. The quantitative estimate of drug-likeness (QED) is 0.679. The summed E-state index contributed by atoms with van der Waals surface area (Å²) in [7, 11) is 0. The zero-order valence-electron chi connectivity index (χ0n) is 14.4.